The largest absolute Gasteiger partial charge is 0.331 e. The highest BCUT2D eigenvalue weighted by molar-refractivity contribution is 6.32. The van der Waals surface area contributed by atoms with Crippen molar-refractivity contribution in [1.29, 1.82) is 0 Å². The minimum atomic E-state index is -0.271. The van der Waals surface area contributed by atoms with E-state index in [9.17, 15) is 4.79 Å². The number of nitrogens with zero attached hydrogens (tertiary/aromatic N) is 5. The number of halogens is 1. The van der Waals surface area contributed by atoms with Crippen molar-refractivity contribution in [1.82, 2.24) is 24.6 Å². The summed E-state index contributed by atoms with van der Waals surface area (Å²) < 4.78 is 1.58. The molecule has 1 amide bonds. The van der Waals surface area contributed by atoms with Gasteiger partial charge in [0.05, 0.1) is 22.4 Å². The van der Waals surface area contributed by atoms with Gasteiger partial charge in [-0.25, -0.2) is 9.67 Å². The number of para-hydroxylation sites is 1. The molecule has 6 nitrogen and oxygen atoms in total. The van der Waals surface area contributed by atoms with E-state index < -0.39 is 0 Å². The van der Waals surface area contributed by atoms with Gasteiger partial charge in [0.25, 0.3) is 5.91 Å². The van der Waals surface area contributed by atoms with E-state index in [0.717, 1.165) is 5.69 Å². The summed E-state index contributed by atoms with van der Waals surface area (Å²) in [5.41, 5.74) is 1.49. The molecule has 0 aliphatic heterocycles. The predicted molar refractivity (Wildman–Crippen MR) is 95.9 cm³/mol. The molecule has 3 aromatic rings. The first-order valence-corrected chi connectivity index (χ1v) is 8.23. The second kappa shape index (κ2) is 7.03. The Kier molecular flexibility index (Phi) is 4.81. The monoisotopic (exact) mass is 355 g/mol. The van der Waals surface area contributed by atoms with Crippen LogP contribution < -0.4 is 0 Å². The Morgan fingerprint density at radius 3 is 2.60 bits per heavy atom. The standard InChI is InChI=1S/C18H18ClN5O/c1-12(15-9-6-7-11-20-15)23(3)18(25)17-21-13(2)24(22-17)16-10-5-4-8-14(16)19/h4-12H,1-3H3. The number of amides is 1. The third-order valence-corrected chi connectivity index (χ3v) is 4.38. The van der Waals surface area contributed by atoms with Crippen LogP contribution in [0.2, 0.25) is 5.02 Å². The van der Waals surface area contributed by atoms with E-state index >= 15 is 0 Å². The van der Waals surface area contributed by atoms with E-state index in [2.05, 4.69) is 15.1 Å². The fourth-order valence-electron chi connectivity index (χ4n) is 2.49. The Bertz CT molecular complexity index is 893. The van der Waals surface area contributed by atoms with E-state index in [1.807, 2.05) is 43.3 Å². The van der Waals surface area contributed by atoms with Crippen LogP contribution in [0.5, 0.6) is 0 Å². The van der Waals surface area contributed by atoms with E-state index in [1.54, 1.807) is 35.8 Å². The van der Waals surface area contributed by atoms with E-state index in [0.29, 0.717) is 16.5 Å². The third kappa shape index (κ3) is 3.39. The number of carbonyl (C=O) groups is 1. The zero-order valence-corrected chi connectivity index (χ0v) is 15.0. The molecule has 2 heterocycles. The molecule has 128 valence electrons. The van der Waals surface area contributed by atoms with Crippen LogP contribution in [-0.4, -0.2) is 37.6 Å². The van der Waals surface area contributed by atoms with Crippen molar-refractivity contribution < 1.29 is 4.79 Å². The van der Waals surface area contributed by atoms with Crippen LogP contribution in [-0.2, 0) is 0 Å². The topological polar surface area (TPSA) is 63.9 Å². The lowest BCUT2D eigenvalue weighted by Gasteiger charge is -2.23. The van der Waals surface area contributed by atoms with E-state index in [-0.39, 0.29) is 17.8 Å². The van der Waals surface area contributed by atoms with Gasteiger partial charge in [0, 0.05) is 13.2 Å². The van der Waals surface area contributed by atoms with Gasteiger partial charge in [0.2, 0.25) is 5.82 Å². The zero-order valence-electron chi connectivity index (χ0n) is 14.2. The summed E-state index contributed by atoms with van der Waals surface area (Å²) in [4.78, 5) is 23.0. The van der Waals surface area contributed by atoms with Crippen LogP contribution in [0.15, 0.2) is 48.7 Å². The van der Waals surface area contributed by atoms with Gasteiger partial charge in [0.15, 0.2) is 0 Å². The lowest BCUT2D eigenvalue weighted by Crippen LogP contribution is -2.31. The first-order valence-electron chi connectivity index (χ1n) is 7.85. The molecule has 2 aromatic heterocycles. The summed E-state index contributed by atoms with van der Waals surface area (Å²) in [6, 6.07) is 12.7. The van der Waals surface area contributed by atoms with Crippen molar-refractivity contribution in [3.63, 3.8) is 0 Å². The highest BCUT2D eigenvalue weighted by Gasteiger charge is 2.24. The maximum Gasteiger partial charge on any atom is 0.293 e. The summed E-state index contributed by atoms with van der Waals surface area (Å²) in [5.74, 6) is 0.449. The fourth-order valence-corrected chi connectivity index (χ4v) is 2.70. The van der Waals surface area contributed by atoms with Crippen molar-refractivity contribution >= 4 is 17.5 Å². The lowest BCUT2D eigenvalue weighted by atomic mass is 10.2. The number of pyridine rings is 1. The van der Waals surface area contributed by atoms with E-state index in [1.165, 1.54) is 0 Å². The first kappa shape index (κ1) is 17.1. The molecule has 7 heteroatoms. The number of carbonyl (C=O) groups excluding carboxylic acids is 1. The number of hydrogen-bond donors (Lipinski definition) is 0. The van der Waals surface area contributed by atoms with Crippen molar-refractivity contribution in [3.8, 4) is 5.69 Å². The number of aromatic nitrogens is 4. The number of aryl methyl sites for hydroxylation is 1. The van der Waals surface area contributed by atoms with Gasteiger partial charge in [-0.15, -0.1) is 5.10 Å². The summed E-state index contributed by atoms with van der Waals surface area (Å²) in [5, 5.41) is 4.89. The molecule has 25 heavy (non-hydrogen) atoms. The van der Waals surface area contributed by atoms with Crippen LogP contribution in [0.3, 0.4) is 0 Å². The number of hydrogen-bond acceptors (Lipinski definition) is 4. The van der Waals surface area contributed by atoms with Crippen molar-refractivity contribution in [2.24, 2.45) is 0 Å². The Morgan fingerprint density at radius 1 is 1.20 bits per heavy atom. The molecule has 1 aromatic carbocycles. The first-order chi connectivity index (χ1) is 12.0. The van der Waals surface area contributed by atoms with Crippen LogP contribution in [0.1, 0.15) is 35.1 Å². The smallest absolute Gasteiger partial charge is 0.293 e. The summed E-state index contributed by atoms with van der Waals surface area (Å²) in [6.07, 6.45) is 1.71. The van der Waals surface area contributed by atoms with Crippen LogP contribution in [0, 0.1) is 6.92 Å². The quantitative estimate of drug-likeness (QED) is 0.719. The van der Waals surface area contributed by atoms with Gasteiger partial charge >= 0.3 is 0 Å². The second-order valence-corrected chi connectivity index (χ2v) is 6.10. The van der Waals surface area contributed by atoms with Crippen LogP contribution in [0.25, 0.3) is 5.69 Å². The normalized spacial score (nSPS) is 12.0. The zero-order chi connectivity index (χ0) is 18.0. The maximum absolute atomic E-state index is 12.8. The van der Waals surface area contributed by atoms with E-state index in [4.69, 9.17) is 11.6 Å². The molecule has 0 saturated heterocycles. The fraction of sp³-hybridized carbons (Fsp3) is 0.222. The average molecular weight is 356 g/mol. The summed E-state index contributed by atoms with van der Waals surface area (Å²) in [6.45, 7) is 3.70. The lowest BCUT2D eigenvalue weighted by molar-refractivity contribution is 0.0727. The van der Waals surface area contributed by atoms with Gasteiger partial charge in [-0.05, 0) is 38.1 Å². The Balaban J connectivity index is 1.89. The summed E-state index contributed by atoms with van der Waals surface area (Å²) in [7, 11) is 1.72. The molecule has 0 bridgehead atoms. The average Bonchev–Trinajstić information content (AvgIpc) is 3.02. The molecular weight excluding hydrogens is 338 g/mol. The molecule has 0 aliphatic rings. The van der Waals surface area contributed by atoms with Crippen molar-refractivity contribution in [3.05, 3.63) is 71.0 Å². The molecule has 0 spiro atoms. The van der Waals surface area contributed by atoms with Gasteiger partial charge in [-0.3, -0.25) is 9.78 Å². The van der Waals surface area contributed by atoms with Crippen LogP contribution >= 0.6 is 11.6 Å². The Morgan fingerprint density at radius 2 is 1.92 bits per heavy atom. The Labute approximate surface area is 151 Å². The molecule has 0 radical (unpaired) electrons. The van der Waals surface area contributed by atoms with Gasteiger partial charge in [0.1, 0.15) is 5.82 Å². The second-order valence-electron chi connectivity index (χ2n) is 5.69. The molecule has 0 fully saturated rings. The van der Waals surface area contributed by atoms with Gasteiger partial charge in [-0.2, -0.15) is 0 Å². The number of rotatable bonds is 4. The summed E-state index contributed by atoms with van der Waals surface area (Å²) >= 11 is 6.22. The Hall–Kier alpha value is -2.73. The van der Waals surface area contributed by atoms with Crippen molar-refractivity contribution in [2.45, 2.75) is 19.9 Å². The molecule has 1 atom stereocenters. The number of benzene rings is 1. The molecule has 0 aliphatic carbocycles. The highest BCUT2D eigenvalue weighted by Crippen LogP contribution is 2.21. The molecule has 0 N–H and O–H groups in total. The minimum absolute atomic E-state index is 0.128. The van der Waals surface area contributed by atoms with Crippen LogP contribution in [0.4, 0.5) is 0 Å². The highest BCUT2D eigenvalue weighted by atomic mass is 35.5. The van der Waals surface area contributed by atoms with Crippen molar-refractivity contribution in [2.75, 3.05) is 7.05 Å². The molecule has 3 rings (SSSR count). The van der Waals surface area contributed by atoms with Gasteiger partial charge in [-0.1, -0.05) is 29.8 Å². The SMILES string of the molecule is Cc1nc(C(=O)N(C)C(C)c2ccccn2)nn1-c1ccccc1Cl. The minimum Gasteiger partial charge on any atom is -0.331 e. The van der Waals surface area contributed by atoms with Gasteiger partial charge < -0.3 is 4.90 Å². The molecular formula is C18H18ClN5O. The molecule has 0 saturated carbocycles. The third-order valence-electron chi connectivity index (χ3n) is 4.06. The predicted octanol–water partition coefficient (Wildman–Crippen LogP) is 3.46. The molecule has 1 unspecified atom stereocenters. The maximum atomic E-state index is 12.8.